The van der Waals surface area contributed by atoms with Gasteiger partial charge in [-0.05, 0) is 36.4 Å². The largest absolute Gasteiger partial charge is 0.495 e. The van der Waals surface area contributed by atoms with Crippen LogP contribution in [0.2, 0.25) is 5.02 Å². The van der Waals surface area contributed by atoms with Crippen LogP contribution in [0.4, 0.5) is 5.69 Å². The van der Waals surface area contributed by atoms with Crippen LogP contribution in [-0.4, -0.2) is 31.8 Å². The number of methoxy groups -OCH3 is 1. The Morgan fingerprint density at radius 2 is 1.84 bits per heavy atom. The maximum atomic E-state index is 11.7. The maximum absolute atomic E-state index is 11.7. The maximum Gasteiger partial charge on any atom is 0.276 e. The monoisotopic (exact) mass is 418 g/mol. The van der Waals surface area contributed by atoms with Gasteiger partial charge in [0.15, 0.2) is 0 Å². The number of aromatic nitrogens is 3. The van der Waals surface area contributed by atoms with Crippen LogP contribution in [0.5, 0.6) is 5.75 Å². The summed E-state index contributed by atoms with van der Waals surface area (Å²) >= 11 is 22.7. The topological polar surface area (TPSA) is 69.0 Å². The van der Waals surface area contributed by atoms with Gasteiger partial charge >= 0.3 is 0 Å². The molecule has 25 heavy (non-hydrogen) atoms. The molecule has 0 aliphatic rings. The lowest BCUT2D eigenvalue weighted by Gasteiger charge is -2.10. The van der Waals surface area contributed by atoms with Gasteiger partial charge in [0.1, 0.15) is 16.8 Å². The third-order valence-corrected chi connectivity index (χ3v) is 4.07. The molecule has 1 amide bonds. The molecule has 0 unspecified atom stereocenters. The van der Waals surface area contributed by atoms with Gasteiger partial charge < -0.3 is 10.1 Å². The first-order valence-electron chi connectivity index (χ1n) is 6.87. The Hall–Kier alpha value is -1.73. The Morgan fingerprint density at radius 1 is 1.12 bits per heavy atom. The van der Waals surface area contributed by atoms with Gasteiger partial charge in [-0.1, -0.05) is 46.4 Å². The van der Waals surface area contributed by atoms with Crippen molar-refractivity contribution >= 4 is 69.0 Å². The molecule has 130 valence electrons. The van der Waals surface area contributed by atoms with Gasteiger partial charge in [0, 0.05) is 5.69 Å². The summed E-state index contributed by atoms with van der Waals surface area (Å²) in [6.45, 7) is 0. The third-order valence-electron chi connectivity index (χ3n) is 3.26. The van der Waals surface area contributed by atoms with E-state index < -0.39 is 9.70 Å². The molecule has 0 spiro atoms. The summed E-state index contributed by atoms with van der Waals surface area (Å²) in [6.07, 6.45) is 0. The van der Waals surface area contributed by atoms with Crippen molar-refractivity contribution in [3.8, 4) is 11.4 Å². The highest BCUT2D eigenvalue weighted by atomic mass is 35.6. The fourth-order valence-electron chi connectivity index (χ4n) is 2.09. The lowest BCUT2D eigenvalue weighted by atomic mass is 10.3. The van der Waals surface area contributed by atoms with Crippen LogP contribution in [0.25, 0.3) is 16.7 Å². The van der Waals surface area contributed by atoms with Gasteiger partial charge in [-0.25, -0.2) is 0 Å². The molecular weight excluding hydrogens is 410 g/mol. The predicted octanol–water partition coefficient (Wildman–Crippen LogP) is 4.39. The predicted molar refractivity (Wildman–Crippen MR) is 99.3 cm³/mol. The summed E-state index contributed by atoms with van der Waals surface area (Å²) in [5.74, 6) is -0.204. The van der Waals surface area contributed by atoms with E-state index in [1.54, 1.807) is 36.4 Å². The standard InChI is InChI=1S/C15H10Cl4N4O2/c1-25-13-5-3-9(7-10(13)16)23-21-11-4-2-8(6-12(11)22-23)20-14(24)15(17,18)19/h2-7H,1H3,(H,20,24). The molecule has 10 heteroatoms. The van der Waals surface area contributed by atoms with Crippen molar-refractivity contribution < 1.29 is 9.53 Å². The molecule has 3 rings (SSSR count). The van der Waals surface area contributed by atoms with Gasteiger partial charge in [-0.15, -0.1) is 10.2 Å². The molecule has 6 nitrogen and oxygen atoms in total. The Kier molecular flexibility index (Phi) is 4.97. The zero-order valence-corrected chi connectivity index (χ0v) is 15.7. The van der Waals surface area contributed by atoms with Crippen molar-refractivity contribution in [2.45, 2.75) is 3.79 Å². The number of carbonyl (C=O) groups excluding carboxylic acids is 1. The zero-order chi connectivity index (χ0) is 18.2. The van der Waals surface area contributed by atoms with Gasteiger partial charge in [0.2, 0.25) is 0 Å². The summed E-state index contributed by atoms with van der Waals surface area (Å²) in [7, 11) is 1.54. The summed E-state index contributed by atoms with van der Waals surface area (Å²) in [6, 6.07) is 10.1. The van der Waals surface area contributed by atoms with Crippen LogP contribution in [0, 0.1) is 0 Å². The molecule has 0 bridgehead atoms. The molecule has 0 aliphatic carbocycles. The second kappa shape index (κ2) is 6.88. The van der Waals surface area contributed by atoms with Crippen LogP contribution >= 0.6 is 46.4 Å². The lowest BCUT2D eigenvalue weighted by molar-refractivity contribution is -0.115. The van der Waals surface area contributed by atoms with E-state index >= 15 is 0 Å². The van der Waals surface area contributed by atoms with E-state index in [4.69, 9.17) is 51.1 Å². The molecule has 3 aromatic rings. The molecule has 0 radical (unpaired) electrons. The first kappa shape index (κ1) is 18.1. The Morgan fingerprint density at radius 3 is 2.48 bits per heavy atom. The number of hydrogen-bond donors (Lipinski definition) is 1. The first-order chi connectivity index (χ1) is 11.8. The number of fused-ring (bicyclic) bond motifs is 1. The minimum absolute atomic E-state index is 0.434. The number of amides is 1. The summed E-state index contributed by atoms with van der Waals surface area (Å²) in [4.78, 5) is 13.1. The number of carbonyl (C=O) groups is 1. The Labute approximate surface area is 162 Å². The highest BCUT2D eigenvalue weighted by Crippen LogP contribution is 2.29. The van der Waals surface area contributed by atoms with Crippen molar-refractivity contribution in [2.75, 3.05) is 12.4 Å². The molecular formula is C15H10Cl4N4O2. The molecule has 0 saturated carbocycles. The first-order valence-corrected chi connectivity index (χ1v) is 8.38. The molecule has 1 aromatic heterocycles. The third kappa shape index (κ3) is 3.93. The Bertz CT molecular complexity index is 952. The molecule has 1 N–H and O–H groups in total. The van der Waals surface area contributed by atoms with Crippen LogP contribution in [0.3, 0.4) is 0 Å². The van der Waals surface area contributed by atoms with E-state index in [0.717, 1.165) is 0 Å². The van der Waals surface area contributed by atoms with Crippen molar-refractivity contribution in [1.29, 1.82) is 0 Å². The van der Waals surface area contributed by atoms with Crippen LogP contribution < -0.4 is 10.1 Å². The molecule has 0 saturated heterocycles. The van der Waals surface area contributed by atoms with Gasteiger partial charge in [-0.3, -0.25) is 4.79 Å². The minimum Gasteiger partial charge on any atom is -0.495 e. The number of nitrogens with one attached hydrogen (secondary N) is 1. The fourth-order valence-corrected chi connectivity index (χ4v) is 2.48. The minimum atomic E-state index is -2.05. The Balaban J connectivity index is 1.93. The number of alkyl halides is 3. The van der Waals surface area contributed by atoms with Gasteiger partial charge in [0.05, 0.1) is 17.8 Å². The van der Waals surface area contributed by atoms with Gasteiger partial charge in [0.25, 0.3) is 9.70 Å². The number of ether oxygens (including phenoxy) is 1. The van der Waals surface area contributed by atoms with E-state index in [2.05, 4.69) is 15.5 Å². The van der Waals surface area contributed by atoms with Gasteiger partial charge in [-0.2, -0.15) is 4.80 Å². The average Bonchev–Trinajstić information content (AvgIpc) is 2.97. The quantitative estimate of drug-likeness (QED) is 0.639. The highest BCUT2D eigenvalue weighted by Gasteiger charge is 2.30. The summed E-state index contributed by atoms with van der Waals surface area (Å²) in [5.41, 5.74) is 2.27. The van der Waals surface area contributed by atoms with Crippen LogP contribution in [0.15, 0.2) is 36.4 Å². The van der Waals surface area contributed by atoms with Crippen molar-refractivity contribution in [1.82, 2.24) is 15.0 Å². The number of benzene rings is 2. The number of halogens is 4. The van der Waals surface area contributed by atoms with Crippen molar-refractivity contribution in [2.24, 2.45) is 0 Å². The number of nitrogens with zero attached hydrogens (tertiary/aromatic N) is 3. The van der Waals surface area contributed by atoms with Crippen LogP contribution in [0.1, 0.15) is 0 Å². The highest BCUT2D eigenvalue weighted by molar-refractivity contribution is 6.76. The molecule has 0 aliphatic heterocycles. The van der Waals surface area contributed by atoms with Crippen molar-refractivity contribution in [3.63, 3.8) is 0 Å². The van der Waals surface area contributed by atoms with E-state index in [-0.39, 0.29) is 0 Å². The fraction of sp³-hybridized carbons (Fsp3) is 0.133. The average molecular weight is 420 g/mol. The number of anilines is 1. The summed E-state index contributed by atoms with van der Waals surface area (Å²) < 4.78 is 3.07. The second-order valence-electron chi connectivity index (χ2n) is 4.96. The summed E-state index contributed by atoms with van der Waals surface area (Å²) in [5, 5.41) is 11.7. The molecule has 2 aromatic carbocycles. The van der Waals surface area contributed by atoms with Crippen molar-refractivity contribution in [3.05, 3.63) is 41.4 Å². The molecule has 0 atom stereocenters. The molecule has 1 heterocycles. The SMILES string of the molecule is COc1ccc(-n2nc3ccc(NC(=O)C(Cl)(Cl)Cl)cc3n2)cc1Cl. The normalized spacial score (nSPS) is 11.6. The van der Waals surface area contributed by atoms with E-state index in [1.165, 1.54) is 11.9 Å². The van der Waals surface area contributed by atoms with E-state index in [0.29, 0.717) is 33.2 Å². The van der Waals surface area contributed by atoms with Crippen LogP contribution in [-0.2, 0) is 4.79 Å². The number of rotatable bonds is 3. The second-order valence-corrected chi connectivity index (χ2v) is 7.65. The number of hydrogen-bond acceptors (Lipinski definition) is 4. The lowest BCUT2D eigenvalue weighted by Crippen LogP contribution is -2.26. The molecule has 0 fully saturated rings. The smallest absolute Gasteiger partial charge is 0.276 e. The zero-order valence-electron chi connectivity index (χ0n) is 12.6. The van der Waals surface area contributed by atoms with E-state index in [1.807, 2.05) is 0 Å². The van der Waals surface area contributed by atoms with E-state index in [9.17, 15) is 4.79 Å².